The molecular formula is C18H26N2O. The molecule has 1 aliphatic rings. The Kier molecular flexibility index (Phi) is 4.29. The molecule has 0 aliphatic carbocycles. The number of aryl methyl sites for hydroxylation is 2. The van der Waals surface area contributed by atoms with Gasteiger partial charge in [-0.2, -0.15) is 0 Å². The lowest BCUT2D eigenvalue weighted by Crippen LogP contribution is -2.27. The molecule has 3 rings (SSSR count). The van der Waals surface area contributed by atoms with Crippen LogP contribution >= 0.6 is 0 Å². The zero-order valence-electron chi connectivity index (χ0n) is 13.5. The van der Waals surface area contributed by atoms with Crippen molar-refractivity contribution in [1.29, 1.82) is 0 Å². The molecule has 0 amide bonds. The molecule has 2 heterocycles. The van der Waals surface area contributed by atoms with Crippen LogP contribution in [0.5, 0.6) is 0 Å². The van der Waals surface area contributed by atoms with E-state index < -0.39 is 0 Å². The predicted molar refractivity (Wildman–Crippen MR) is 86.9 cm³/mol. The maximum absolute atomic E-state index is 5.92. The minimum atomic E-state index is 0.859. The summed E-state index contributed by atoms with van der Waals surface area (Å²) in [4.78, 5) is 7.23. The Morgan fingerprint density at radius 1 is 1.24 bits per heavy atom. The van der Waals surface area contributed by atoms with Crippen molar-refractivity contribution in [1.82, 2.24) is 9.88 Å². The number of oxazole rings is 1. The lowest BCUT2D eigenvalue weighted by Gasteiger charge is -2.18. The van der Waals surface area contributed by atoms with Crippen LogP contribution in [0.4, 0.5) is 0 Å². The van der Waals surface area contributed by atoms with E-state index in [9.17, 15) is 0 Å². The van der Waals surface area contributed by atoms with Gasteiger partial charge in [-0.25, -0.2) is 4.98 Å². The van der Waals surface area contributed by atoms with Gasteiger partial charge < -0.3 is 9.32 Å². The summed E-state index contributed by atoms with van der Waals surface area (Å²) >= 11 is 0. The molecule has 0 spiro atoms. The normalized spacial score (nSPS) is 16.1. The molecule has 0 N–H and O–H groups in total. The molecule has 0 saturated heterocycles. The largest absolute Gasteiger partial charge is 0.440 e. The highest BCUT2D eigenvalue weighted by molar-refractivity contribution is 5.79. The molecule has 21 heavy (non-hydrogen) atoms. The highest BCUT2D eigenvalue weighted by atomic mass is 16.3. The van der Waals surface area contributed by atoms with E-state index >= 15 is 0 Å². The summed E-state index contributed by atoms with van der Waals surface area (Å²) in [5.74, 6) is 0.859. The summed E-state index contributed by atoms with van der Waals surface area (Å²) < 4.78 is 5.92. The molecule has 0 bridgehead atoms. The van der Waals surface area contributed by atoms with Gasteiger partial charge in [0.05, 0.1) is 0 Å². The Balaban J connectivity index is 1.91. The molecule has 0 fully saturated rings. The van der Waals surface area contributed by atoms with E-state index in [4.69, 9.17) is 4.42 Å². The molecule has 2 aromatic rings. The zero-order valence-corrected chi connectivity index (χ0v) is 13.5. The van der Waals surface area contributed by atoms with Crippen LogP contribution in [0.2, 0.25) is 0 Å². The minimum Gasteiger partial charge on any atom is -0.440 e. The van der Waals surface area contributed by atoms with Crippen LogP contribution in [0, 0.1) is 6.92 Å². The molecule has 114 valence electrons. The van der Waals surface area contributed by atoms with Gasteiger partial charge >= 0.3 is 0 Å². The number of hydrogen-bond donors (Lipinski definition) is 0. The molecule has 1 aliphatic heterocycles. The van der Waals surface area contributed by atoms with Crippen LogP contribution in [0.15, 0.2) is 10.5 Å². The minimum absolute atomic E-state index is 0.859. The van der Waals surface area contributed by atoms with Crippen LogP contribution in [0.3, 0.4) is 0 Å². The molecule has 0 saturated carbocycles. The van der Waals surface area contributed by atoms with Crippen LogP contribution in [-0.4, -0.2) is 29.5 Å². The van der Waals surface area contributed by atoms with Crippen molar-refractivity contribution >= 4 is 11.1 Å². The second-order valence-corrected chi connectivity index (χ2v) is 6.14. The third-order valence-corrected chi connectivity index (χ3v) is 4.70. The Morgan fingerprint density at radius 3 is 2.81 bits per heavy atom. The zero-order chi connectivity index (χ0) is 14.8. The van der Waals surface area contributed by atoms with Gasteiger partial charge in [0, 0.05) is 19.5 Å². The fourth-order valence-corrected chi connectivity index (χ4v) is 3.36. The number of hydrogen-bond acceptors (Lipinski definition) is 3. The number of fused-ring (bicyclic) bond motifs is 2. The first-order chi connectivity index (χ1) is 10.2. The summed E-state index contributed by atoms with van der Waals surface area (Å²) in [6.07, 6.45) is 5.73. The van der Waals surface area contributed by atoms with E-state index in [0.717, 1.165) is 36.3 Å². The second kappa shape index (κ2) is 6.18. The van der Waals surface area contributed by atoms with Gasteiger partial charge in [0.25, 0.3) is 0 Å². The van der Waals surface area contributed by atoms with Crippen molar-refractivity contribution < 1.29 is 4.42 Å². The maximum Gasteiger partial charge on any atom is 0.195 e. The average Bonchev–Trinajstić information content (AvgIpc) is 2.80. The molecule has 3 heteroatoms. The molecule has 1 aromatic heterocycles. The number of benzene rings is 1. The van der Waals surface area contributed by atoms with Crippen LogP contribution in [-0.2, 0) is 19.3 Å². The summed E-state index contributed by atoms with van der Waals surface area (Å²) in [5.41, 5.74) is 6.35. The quantitative estimate of drug-likeness (QED) is 0.853. The van der Waals surface area contributed by atoms with Crippen molar-refractivity contribution in [3.63, 3.8) is 0 Å². The van der Waals surface area contributed by atoms with Crippen molar-refractivity contribution in [3.05, 3.63) is 28.6 Å². The van der Waals surface area contributed by atoms with Crippen molar-refractivity contribution in [2.45, 2.75) is 52.9 Å². The van der Waals surface area contributed by atoms with Gasteiger partial charge in [0.15, 0.2) is 11.5 Å². The van der Waals surface area contributed by atoms with Gasteiger partial charge in [-0.1, -0.05) is 20.3 Å². The highest BCUT2D eigenvalue weighted by Gasteiger charge is 2.19. The van der Waals surface area contributed by atoms with E-state index in [1.54, 1.807) is 0 Å². The second-order valence-electron chi connectivity index (χ2n) is 6.14. The van der Waals surface area contributed by atoms with Gasteiger partial charge in [-0.15, -0.1) is 0 Å². The number of unbranched alkanes of at least 4 members (excludes halogenated alkanes) is 1. The first-order valence-electron chi connectivity index (χ1n) is 8.36. The fraction of sp³-hybridized carbons (Fsp3) is 0.611. The Morgan fingerprint density at radius 2 is 2.05 bits per heavy atom. The van der Waals surface area contributed by atoms with E-state index in [0.29, 0.717) is 0 Å². The van der Waals surface area contributed by atoms with Gasteiger partial charge in [0.1, 0.15) is 5.52 Å². The maximum atomic E-state index is 5.92. The van der Waals surface area contributed by atoms with E-state index in [1.807, 2.05) is 0 Å². The first kappa shape index (κ1) is 14.6. The van der Waals surface area contributed by atoms with Crippen molar-refractivity contribution in [2.24, 2.45) is 0 Å². The van der Waals surface area contributed by atoms with Gasteiger partial charge in [-0.3, -0.25) is 0 Å². The molecule has 1 aromatic carbocycles. The Bertz CT molecular complexity index is 630. The topological polar surface area (TPSA) is 29.3 Å². The van der Waals surface area contributed by atoms with Gasteiger partial charge in [0.2, 0.25) is 0 Å². The predicted octanol–water partition coefficient (Wildman–Crippen LogP) is 3.90. The third kappa shape index (κ3) is 2.84. The molecular weight excluding hydrogens is 260 g/mol. The van der Waals surface area contributed by atoms with Crippen molar-refractivity contribution in [2.75, 3.05) is 19.6 Å². The van der Waals surface area contributed by atoms with Gasteiger partial charge in [-0.05, 0) is 55.5 Å². The molecule has 0 radical (unpaired) electrons. The first-order valence-corrected chi connectivity index (χ1v) is 8.36. The summed E-state index contributed by atoms with van der Waals surface area (Å²) in [6.45, 7) is 10.1. The smallest absolute Gasteiger partial charge is 0.195 e. The molecule has 0 unspecified atom stereocenters. The standard InChI is InChI=1S/C18H26N2O/c1-4-6-9-20-10-7-14-12-16-18(21-17(5-2)19-16)13(3)15(14)8-11-20/h12H,4-11H2,1-3H3. The van der Waals surface area contributed by atoms with Crippen LogP contribution in [0.25, 0.3) is 11.1 Å². The lowest BCUT2D eigenvalue weighted by molar-refractivity contribution is 0.283. The van der Waals surface area contributed by atoms with Crippen LogP contribution < -0.4 is 0 Å². The molecule has 3 nitrogen and oxygen atoms in total. The summed E-state index contributed by atoms with van der Waals surface area (Å²) in [7, 11) is 0. The number of nitrogens with zero attached hydrogens (tertiary/aromatic N) is 2. The lowest BCUT2D eigenvalue weighted by atomic mass is 9.97. The fourth-order valence-electron chi connectivity index (χ4n) is 3.36. The summed E-state index contributed by atoms with van der Waals surface area (Å²) in [6, 6.07) is 2.27. The SMILES string of the molecule is CCCCN1CCc2cc3nc(CC)oc3c(C)c2CC1. The van der Waals surface area contributed by atoms with E-state index in [2.05, 4.69) is 36.7 Å². The van der Waals surface area contributed by atoms with Crippen LogP contribution in [0.1, 0.15) is 49.3 Å². The third-order valence-electron chi connectivity index (χ3n) is 4.70. The molecule has 0 atom stereocenters. The highest BCUT2D eigenvalue weighted by Crippen LogP contribution is 2.29. The monoisotopic (exact) mass is 286 g/mol. The van der Waals surface area contributed by atoms with Crippen molar-refractivity contribution in [3.8, 4) is 0 Å². The number of aromatic nitrogens is 1. The summed E-state index contributed by atoms with van der Waals surface area (Å²) in [5, 5.41) is 0. The number of rotatable bonds is 4. The Hall–Kier alpha value is -1.35. The average molecular weight is 286 g/mol. The van der Waals surface area contributed by atoms with E-state index in [-0.39, 0.29) is 0 Å². The Labute approximate surface area is 127 Å². The van der Waals surface area contributed by atoms with E-state index in [1.165, 1.54) is 49.2 Å².